The lowest BCUT2D eigenvalue weighted by Crippen LogP contribution is -2.26. The number of carbonyl (C=O) groups is 2. The highest BCUT2D eigenvalue weighted by Crippen LogP contribution is 2.59. The molecule has 2 aliphatic rings. The number of methoxy groups -OCH3 is 4. The van der Waals surface area contributed by atoms with Gasteiger partial charge in [-0.1, -0.05) is 18.7 Å². The topological polar surface area (TPSA) is 123 Å². The lowest BCUT2D eigenvalue weighted by atomic mass is 9.93. The molecule has 37 heavy (non-hydrogen) atoms. The Morgan fingerprint density at radius 1 is 1.08 bits per heavy atom. The van der Waals surface area contributed by atoms with E-state index in [-0.39, 0.29) is 31.3 Å². The maximum Gasteiger partial charge on any atom is 0.407 e. The Morgan fingerprint density at radius 3 is 2.54 bits per heavy atom. The van der Waals surface area contributed by atoms with Crippen LogP contribution in [-0.2, 0) is 20.6 Å². The normalized spacial score (nSPS) is 17.0. The second-order valence-corrected chi connectivity index (χ2v) is 8.01. The molecule has 1 fully saturated rings. The Balaban J connectivity index is 1.69. The molecule has 2 aromatic carbocycles. The van der Waals surface area contributed by atoms with Gasteiger partial charge in [0.05, 0.1) is 28.4 Å². The van der Waals surface area contributed by atoms with Crippen LogP contribution >= 0.6 is 0 Å². The Morgan fingerprint density at radius 2 is 1.86 bits per heavy atom. The second kappa shape index (κ2) is 11.3. The number of amides is 1. The molecule has 1 amide bonds. The summed E-state index contributed by atoms with van der Waals surface area (Å²) in [5, 5.41) is 2.71. The van der Waals surface area contributed by atoms with E-state index in [2.05, 4.69) is 11.9 Å². The van der Waals surface area contributed by atoms with Gasteiger partial charge in [-0.25, -0.2) is 9.59 Å². The average Bonchev–Trinajstić information content (AvgIpc) is 3.56. The fraction of sp³-hybridized carbons (Fsp3) is 0.385. The van der Waals surface area contributed by atoms with Crippen molar-refractivity contribution in [2.24, 2.45) is 0 Å². The summed E-state index contributed by atoms with van der Waals surface area (Å²) in [5.74, 6) is 1.52. The summed E-state index contributed by atoms with van der Waals surface area (Å²) in [6.45, 7) is 3.97. The van der Waals surface area contributed by atoms with Crippen molar-refractivity contribution in [3.8, 4) is 28.7 Å². The smallest absolute Gasteiger partial charge is 0.407 e. The molecule has 198 valence electrons. The summed E-state index contributed by atoms with van der Waals surface area (Å²) in [4.78, 5) is 24.6. The molecule has 0 aliphatic carbocycles. The molecule has 0 spiro atoms. The summed E-state index contributed by atoms with van der Waals surface area (Å²) in [6, 6.07) is 5.29. The minimum atomic E-state index is -0.583. The minimum absolute atomic E-state index is 0.0534. The van der Waals surface area contributed by atoms with Gasteiger partial charge >= 0.3 is 12.1 Å². The van der Waals surface area contributed by atoms with Gasteiger partial charge in [-0.05, 0) is 24.1 Å². The number of alkyl carbamates (subject to hydrolysis) is 1. The van der Waals surface area contributed by atoms with E-state index in [4.69, 9.17) is 37.9 Å². The quantitative estimate of drug-likeness (QED) is 0.270. The maximum absolute atomic E-state index is 12.7. The van der Waals surface area contributed by atoms with Crippen molar-refractivity contribution in [2.75, 3.05) is 48.4 Å². The van der Waals surface area contributed by atoms with Gasteiger partial charge in [0.15, 0.2) is 23.0 Å². The molecule has 0 aromatic heterocycles. The highest BCUT2D eigenvalue weighted by Gasteiger charge is 2.48. The SMILES string of the molecule is C=CCOC(=O)NCCc1cc2c(c(OC)c1[C@@H]1O[C@H]1c1ccc(OC)c(OC)c1C(=O)OC)OCO2. The molecule has 1 N–H and O–H groups in total. The largest absolute Gasteiger partial charge is 0.493 e. The first kappa shape index (κ1) is 26.0. The zero-order chi connectivity index (χ0) is 26.5. The molecular formula is C26H29NO10. The van der Waals surface area contributed by atoms with Crippen molar-refractivity contribution in [3.63, 3.8) is 0 Å². The van der Waals surface area contributed by atoms with Crippen molar-refractivity contribution in [3.05, 3.63) is 53.1 Å². The second-order valence-electron chi connectivity index (χ2n) is 8.01. The minimum Gasteiger partial charge on any atom is -0.493 e. The highest BCUT2D eigenvalue weighted by atomic mass is 16.7. The fourth-order valence-corrected chi connectivity index (χ4v) is 4.34. The summed E-state index contributed by atoms with van der Waals surface area (Å²) in [6.07, 6.45) is 0.374. The number of carbonyl (C=O) groups excluding carboxylic acids is 2. The van der Waals surface area contributed by atoms with Gasteiger partial charge in [0.25, 0.3) is 0 Å². The number of epoxide rings is 1. The molecule has 11 nitrogen and oxygen atoms in total. The molecule has 0 unspecified atom stereocenters. The highest BCUT2D eigenvalue weighted by molar-refractivity contribution is 5.95. The van der Waals surface area contributed by atoms with Gasteiger partial charge in [0, 0.05) is 17.7 Å². The first-order chi connectivity index (χ1) is 18.0. The fourth-order valence-electron chi connectivity index (χ4n) is 4.34. The number of fused-ring (bicyclic) bond motifs is 1. The molecular weight excluding hydrogens is 486 g/mol. The van der Waals surface area contributed by atoms with E-state index >= 15 is 0 Å². The summed E-state index contributed by atoms with van der Waals surface area (Å²) in [7, 11) is 5.76. The zero-order valence-electron chi connectivity index (χ0n) is 21.1. The van der Waals surface area contributed by atoms with Gasteiger partial charge in [-0.2, -0.15) is 0 Å². The monoisotopic (exact) mass is 515 g/mol. The third kappa shape index (κ3) is 5.08. The van der Waals surface area contributed by atoms with Crippen LogP contribution in [0.2, 0.25) is 0 Å². The van der Waals surface area contributed by atoms with Gasteiger partial charge in [0.1, 0.15) is 24.4 Å². The number of rotatable bonds is 11. The molecule has 0 saturated carbocycles. The predicted molar refractivity (Wildman–Crippen MR) is 130 cm³/mol. The number of nitrogens with one attached hydrogen (secondary N) is 1. The first-order valence-electron chi connectivity index (χ1n) is 11.5. The zero-order valence-corrected chi connectivity index (χ0v) is 21.1. The Labute approximate surface area is 214 Å². The molecule has 4 rings (SSSR count). The van der Waals surface area contributed by atoms with Crippen molar-refractivity contribution in [1.29, 1.82) is 0 Å². The third-order valence-electron chi connectivity index (χ3n) is 5.99. The number of hydrogen-bond acceptors (Lipinski definition) is 10. The van der Waals surface area contributed by atoms with Crippen LogP contribution in [0.1, 0.15) is 39.3 Å². The van der Waals surface area contributed by atoms with E-state index in [1.54, 1.807) is 12.1 Å². The van der Waals surface area contributed by atoms with Crippen molar-refractivity contribution in [2.45, 2.75) is 18.6 Å². The van der Waals surface area contributed by atoms with E-state index in [1.807, 2.05) is 6.07 Å². The van der Waals surface area contributed by atoms with Crippen LogP contribution in [0.3, 0.4) is 0 Å². The lowest BCUT2D eigenvalue weighted by Gasteiger charge is -2.16. The van der Waals surface area contributed by atoms with Gasteiger partial charge in [-0.15, -0.1) is 0 Å². The van der Waals surface area contributed by atoms with Crippen molar-refractivity contribution >= 4 is 12.1 Å². The standard InChI is InChI=1S/C26H29NO10/c1-6-11-34-26(29)27-10-9-14-12-17-22(36-13-35-17)23(32-4)18(14)24-20(37-24)15-7-8-16(30-2)21(31-3)19(15)25(28)33-5/h6-8,12,20,24H,1,9-11,13H2,2-5H3,(H,27,29)/t20-,24-/m0/s1. The summed E-state index contributed by atoms with van der Waals surface area (Å²) < 4.78 is 43.9. The van der Waals surface area contributed by atoms with E-state index in [0.717, 1.165) is 11.1 Å². The van der Waals surface area contributed by atoms with Crippen LogP contribution in [0.15, 0.2) is 30.9 Å². The molecule has 0 bridgehead atoms. The Kier molecular flexibility index (Phi) is 7.92. The van der Waals surface area contributed by atoms with Crippen LogP contribution in [-0.4, -0.2) is 60.4 Å². The predicted octanol–water partition coefficient (Wildman–Crippen LogP) is 3.50. The summed E-state index contributed by atoms with van der Waals surface area (Å²) in [5.41, 5.74) is 2.33. The number of esters is 1. The van der Waals surface area contributed by atoms with Gasteiger partial charge < -0.3 is 43.2 Å². The molecule has 2 aromatic rings. The molecule has 0 radical (unpaired) electrons. The number of hydrogen-bond donors (Lipinski definition) is 1. The van der Waals surface area contributed by atoms with Crippen LogP contribution in [0.4, 0.5) is 4.79 Å². The molecule has 2 aliphatic heterocycles. The van der Waals surface area contributed by atoms with E-state index < -0.39 is 24.3 Å². The first-order valence-corrected chi connectivity index (χ1v) is 11.5. The maximum atomic E-state index is 12.7. The van der Waals surface area contributed by atoms with E-state index in [9.17, 15) is 9.59 Å². The van der Waals surface area contributed by atoms with Crippen LogP contribution in [0, 0.1) is 0 Å². The van der Waals surface area contributed by atoms with Crippen LogP contribution < -0.4 is 29.0 Å². The third-order valence-corrected chi connectivity index (χ3v) is 5.99. The van der Waals surface area contributed by atoms with Gasteiger partial charge in [0.2, 0.25) is 12.5 Å². The molecule has 2 atom stereocenters. The number of ether oxygens (including phenoxy) is 8. The van der Waals surface area contributed by atoms with Crippen molar-refractivity contribution < 1.29 is 47.5 Å². The molecule has 1 saturated heterocycles. The molecule has 11 heteroatoms. The van der Waals surface area contributed by atoms with Crippen LogP contribution in [0.25, 0.3) is 0 Å². The summed E-state index contributed by atoms with van der Waals surface area (Å²) >= 11 is 0. The van der Waals surface area contributed by atoms with Crippen LogP contribution in [0.5, 0.6) is 28.7 Å². The number of benzene rings is 2. The van der Waals surface area contributed by atoms with Crippen molar-refractivity contribution in [1.82, 2.24) is 5.32 Å². The van der Waals surface area contributed by atoms with Gasteiger partial charge in [-0.3, -0.25) is 0 Å². The molecule has 2 heterocycles. The Bertz CT molecular complexity index is 1190. The Hall–Kier alpha value is -4.12. The van der Waals surface area contributed by atoms with E-state index in [1.165, 1.54) is 34.5 Å². The lowest BCUT2D eigenvalue weighted by molar-refractivity contribution is 0.0594. The van der Waals surface area contributed by atoms with E-state index in [0.29, 0.717) is 35.0 Å². The average molecular weight is 516 g/mol.